The molecule has 0 aliphatic carbocycles. The number of halogens is 2. The fraction of sp³-hybridized carbons (Fsp3) is 0.143. The van der Waals surface area contributed by atoms with E-state index in [0.717, 1.165) is 0 Å². The molecule has 0 radical (unpaired) electrons. The Morgan fingerprint density at radius 2 is 2.20 bits per heavy atom. The molecule has 4 nitrogen and oxygen atoms in total. The molecule has 0 fully saturated rings. The lowest BCUT2D eigenvalue weighted by atomic mass is 10.1. The zero-order chi connectivity index (χ0) is 14.7. The molecule has 6 heteroatoms. The molecule has 1 aromatic carbocycles. The van der Waals surface area contributed by atoms with Gasteiger partial charge in [-0.05, 0) is 52.7 Å². The van der Waals surface area contributed by atoms with Crippen molar-refractivity contribution in [2.24, 2.45) is 5.73 Å². The smallest absolute Gasteiger partial charge is 0.255 e. The van der Waals surface area contributed by atoms with E-state index in [1.807, 2.05) is 0 Å². The van der Waals surface area contributed by atoms with Gasteiger partial charge in [0.2, 0.25) is 0 Å². The minimum Gasteiger partial charge on any atom is -0.325 e. The zero-order valence-electron chi connectivity index (χ0n) is 10.8. The normalized spacial score (nSPS) is 10.4. The average Bonchev–Trinajstić information content (AvgIpc) is 2.44. The number of aromatic nitrogens is 1. The van der Waals surface area contributed by atoms with E-state index in [9.17, 15) is 9.18 Å². The highest BCUT2D eigenvalue weighted by atomic mass is 79.9. The third-order valence-corrected chi connectivity index (χ3v) is 3.41. The highest BCUT2D eigenvalue weighted by Gasteiger charge is 2.11. The van der Waals surface area contributed by atoms with Crippen molar-refractivity contribution in [3.8, 4) is 0 Å². The molecule has 2 aromatic rings. The highest BCUT2D eigenvalue weighted by molar-refractivity contribution is 9.10. The van der Waals surface area contributed by atoms with Crippen molar-refractivity contribution >= 4 is 27.5 Å². The Balaban J connectivity index is 2.25. The lowest BCUT2D eigenvalue weighted by Gasteiger charge is -2.10. The summed E-state index contributed by atoms with van der Waals surface area (Å²) in [7, 11) is 0. The zero-order valence-corrected chi connectivity index (χ0v) is 12.4. The van der Waals surface area contributed by atoms with Crippen LogP contribution in [0.3, 0.4) is 0 Å². The van der Waals surface area contributed by atoms with Crippen LogP contribution in [0.15, 0.2) is 34.9 Å². The van der Waals surface area contributed by atoms with E-state index in [1.165, 1.54) is 18.3 Å². The number of hydrogen-bond acceptors (Lipinski definition) is 3. The highest BCUT2D eigenvalue weighted by Crippen LogP contribution is 2.24. The molecule has 20 heavy (non-hydrogen) atoms. The fourth-order valence-electron chi connectivity index (χ4n) is 1.71. The molecule has 0 unspecified atom stereocenters. The molecule has 0 spiro atoms. The van der Waals surface area contributed by atoms with Crippen molar-refractivity contribution in [2.75, 3.05) is 5.32 Å². The summed E-state index contributed by atoms with van der Waals surface area (Å²) in [5.74, 6) is -0.654. The molecule has 1 heterocycles. The van der Waals surface area contributed by atoms with Gasteiger partial charge in [0.05, 0.1) is 10.2 Å². The van der Waals surface area contributed by atoms with Crippen LogP contribution in [0.2, 0.25) is 0 Å². The molecular formula is C14H13BrFN3O. The van der Waals surface area contributed by atoms with Gasteiger partial charge in [-0.15, -0.1) is 0 Å². The maximum Gasteiger partial charge on any atom is 0.255 e. The van der Waals surface area contributed by atoms with Gasteiger partial charge in [-0.1, -0.05) is 0 Å². The number of nitrogens with one attached hydrogen (secondary N) is 1. The lowest BCUT2D eigenvalue weighted by molar-refractivity contribution is 0.102. The second-order valence-electron chi connectivity index (χ2n) is 4.28. The molecule has 1 aromatic heterocycles. The lowest BCUT2D eigenvalue weighted by Crippen LogP contribution is -2.14. The van der Waals surface area contributed by atoms with Gasteiger partial charge in [-0.3, -0.25) is 9.78 Å². The largest absolute Gasteiger partial charge is 0.325 e. The number of carbonyl (C=O) groups is 1. The number of nitrogens with two attached hydrogens (primary N) is 1. The van der Waals surface area contributed by atoms with Crippen LogP contribution in [0, 0.1) is 12.7 Å². The summed E-state index contributed by atoms with van der Waals surface area (Å²) < 4.78 is 13.6. The summed E-state index contributed by atoms with van der Waals surface area (Å²) in [5.41, 5.74) is 7.78. The Morgan fingerprint density at radius 3 is 2.90 bits per heavy atom. The molecular weight excluding hydrogens is 325 g/mol. The summed E-state index contributed by atoms with van der Waals surface area (Å²) in [6.07, 6.45) is 1.53. The first-order valence-electron chi connectivity index (χ1n) is 5.93. The standard InChI is InChI=1S/C14H13BrFN3O/c1-8-4-12(16)11(15)6-13(8)19-14(20)9-2-3-18-10(5-9)7-17/h2-6H,7,17H2,1H3,(H,19,20). The van der Waals surface area contributed by atoms with Crippen molar-refractivity contribution in [3.05, 3.63) is 57.6 Å². The molecule has 0 bridgehead atoms. The van der Waals surface area contributed by atoms with E-state index in [1.54, 1.807) is 19.1 Å². The Kier molecular flexibility index (Phi) is 4.46. The predicted molar refractivity (Wildman–Crippen MR) is 78.9 cm³/mol. The van der Waals surface area contributed by atoms with Crippen molar-refractivity contribution in [3.63, 3.8) is 0 Å². The van der Waals surface area contributed by atoms with Gasteiger partial charge in [0.1, 0.15) is 5.82 Å². The predicted octanol–water partition coefficient (Wildman–Crippen LogP) is 3.00. The van der Waals surface area contributed by atoms with E-state index in [0.29, 0.717) is 27.0 Å². The topological polar surface area (TPSA) is 68.0 Å². The van der Waals surface area contributed by atoms with Crippen LogP contribution >= 0.6 is 15.9 Å². The first kappa shape index (κ1) is 14.6. The van der Waals surface area contributed by atoms with Crippen LogP contribution in [-0.2, 0) is 6.54 Å². The molecule has 0 atom stereocenters. The van der Waals surface area contributed by atoms with Gasteiger partial charge in [-0.25, -0.2) is 4.39 Å². The van der Waals surface area contributed by atoms with Gasteiger partial charge < -0.3 is 11.1 Å². The number of rotatable bonds is 3. The number of amides is 1. The maximum atomic E-state index is 13.3. The third kappa shape index (κ3) is 3.20. The first-order chi connectivity index (χ1) is 9.51. The molecule has 2 rings (SSSR count). The average molecular weight is 338 g/mol. The number of carbonyl (C=O) groups excluding carboxylic acids is 1. The first-order valence-corrected chi connectivity index (χ1v) is 6.72. The fourth-order valence-corrected chi connectivity index (χ4v) is 2.05. The van der Waals surface area contributed by atoms with Crippen molar-refractivity contribution in [1.82, 2.24) is 4.98 Å². The van der Waals surface area contributed by atoms with E-state index >= 15 is 0 Å². The van der Waals surface area contributed by atoms with Gasteiger partial charge >= 0.3 is 0 Å². The Labute approximate surface area is 124 Å². The molecule has 0 aliphatic heterocycles. The minimum atomic E-state index is -0.366. The third-order valence-electron chi connectivity index (χ3n) is 2.80. The van der Waals surface area contributed by atoms with Crippen LogP contribution in [0.25, 0.3) is 0 Å². The SMILES string of the molecule is Cc1cc(F)c(Br)cc1NC(=O)c1ccnc(CN)c1. The second-order valence-corrected chi connectivity index (χ2v) is 5.13. The number of benzene rings is 1. The van der Waals surface area contributed by atoms with E-state index in [4.69, 9.17) is 5.73 Å². The van der Waals surface area contributed by atoms with Crippen LogP contribution < -0.4 is 11.1 Å². The van der Waals surface area contributed by atoms with Gasteiger partial charge in [0.15, 0.2) is 0 Å². The van der Waals surface area contributed by atoms with E-state index in [2.05, 4.69) is 26.2 Å². The quantitative estimate of drug-likeness (QED) is 0.904. The van der Waals surface area contributed by atoms with Crippen LogP contribution in [0.4, 0.5) is 10.1 Å². The van der Waals surface area contributed by atoms with Crippen LogP contribution in [-0.4, -0.2) is 10.9 Å². The summed E-state index contributed by atoms with van der Waals surface area (Å²) in [6.45, 7) is 1.99. The number of aryl methyl sites for hydroxylation is 1. The Hall–Kier alpha value is -1.79. The molecule has 1 amide bonds. The van der Waals surface area contributed by atoms with E-state index < -0.39 is 0 Å². The van der Waals surface area contributed by atoms with Crippen molar-refractivity contribution in [1.29, 1.82) is 0 Å². The number of nitrogens with zero attached hydrogens (tertiary/aromatic N) is 1. The van der Waals surface area contributed by atoms with Crippen LogP contribution in [0.5, 0.6) is 0 Å². The molecule has 0 saturated carbocycles. The molecule has 104 valence electrons. The van der Waals surface area contributed by atoms with Gasteiger partial charge in [0.25, 0.3) is 5.91 Å². The van der Waals surface area contributed by atoms with Gasteiger partial charge in [-0.2, -0.15) is 0 Å². The Morgan fingerprint density at radius 1 is 1.45 bits per heavy atom. The van der Waals surface area contributed by atoms with Crippen molar-refractivity contribution in [2.45, 2.75) is 13.5 Å². The minimum absolute atomic E-state index is 0.266. The monoisotopic (exact) mass is 337 g/mol. The molecule has 0 aliphatic rings. The second kappa shape index (κ2) is 6.11. The number of pyridine rings is 1. The summed E-state index contributed by atoms with van der Waals surface area (Å²) in [5, 5.41) is 2.74. The van der Waals surface area contributed by atoms with Crippen LogP contribution in [0.1, 0.15) is 21.6 Å². The van der Waals surface area contributed by atoms with E-state index in [-0.39, 0.29) is 18.3 Å². The summed E-state index contributed by atoms with van der Waals surface area (Å²) >= 11 is 3.10. The molecule has 3 N–H and O–H groups in total. The summed E-state index contributed by atoms with van der Waals surface area (Å²) in [6, 6.07) is 6.12. The van der Waals surface area contributed by atoms with Crippen molar-refractivity contribution < 1.29 is 9.18 Å². The summed E-state index contributed by atoms with van der Waals surface area (Å²) in [4.78, 5) is 16.2. The van der Waals surface area contributed by atoms with Gasteiger partial charge in [0, 0.05) is 24.0 Å². The Bertz CT molecular complexity index is 661. The number of anilines is 1. The molecule has 0 saturated heterocycles. The maximum absolute atomic E-state index is 13.3. The number of hydrogen-bond donors (Lipinski definition) is 2.